The molecule has 1 aromatic carbocycles. The molecule has 0 bridgehead atoms. The topological polar surface area (TPSA) is 48.5 Å². The van der Waals surface area contributed by atoms with Crippen molar-refractivity contribution in [2.45, 2.75) is 29.7 Å². The van der Waals surface area contributed by atoms with Crippen molar-refractivity contribution in [2.24, 2.45) is 0 Å². The maximum absolute atomic E-state index is 12.7. The Hall–Kier alpha value is -2.05. The molecule has 1 amide bonds. The average molecular weight is 383 g/mol. The molecule has 1 N–H and O–H groups in total. The van der Waals surface area contributed by atoms with Crippen LogP contribution in [-0.4, -0.2) is 54.8 Å². The molecule has 3 heterocycles. The molecule has 2 aromatic rings. The summed E-state index contributed by atoms with van der Waals surface area (Å²) >= 11 is 1.75. The molecule has 1 aromatic heterocycles. The minimum absolute atomic E-state index is 0.0273. The van der Waals surface area contributed by atoms with E-state index in [1.54, 1.807) is 11.8 Å². The van der Waals surface area contributed by atoms with E-state index in [-0.39, 0.29) is 11.8 Å². The molecule has 4 rings (SSSR count). The van der Waals surface area contributed by atoms with Crippen molar-refractivity contribution < 1.29 is 4.79 Å². The van der Waals surface area contributed by atoms with Gasteiger partial charge in [0, 0.05) is 29.8 Å². The van der Waals surface area contributed by atoms with Gasteiger partial charge >= 0.3 is 0 Å². The van der Waals surface area contributed by atoms with Crippen molar-refractivity contribution >= 4 is 29.2 Å². The molecule has 2 aliphatic heterocycles. The van der Waals surface area contributed by atoms with Gasteiger partial charge in [0.05, 0.1) is 17.8 Å². The third kappa shape index (κ3) is 3.96. The third-order valence-electron chi connectivity index (χ3n) is 5.58. The first kappa shape index (κ1) is 18.3. The number of hydrogen-bond acceptors (Lipinski definition) is 5. The summed E-state index contributed by atoms with van der Waals surface area (Å²) in [4.78, 5) is 23.1. The summed E-state index contributed by atoms with van der Waals surface area (Å²) in [5, 5.41) is 2.99. The van der Waals surface area contributed by atoms with E-state index in [2.05, 4.69) is 46.3 Å². The zero-order valence-corrected chi connectivity index (χ0v) is 16.7. The number of nitrogens with zero attached hydrogens (tertiary/aromatic N) is 3. The van der Waals surface area contributed by atoms with Gasteiger partial charge in [-0.2, -0.15) is 0 Å². The lowest BCUT2D eigenvalue weighted by atomic mass is 10.0. The normalized spacial score (nSPS) is 20.0. The molecule has 1 atom stereocenters. The van der Waals surface area contributed by atoms with E-state index in [4.69, 9.17) is 0 Å². The lowest BCUT2D eigenvalue weighted by molar-refractivity contribution is -0.117. The van der Waals surface area contributed by atoms with Crippen LogP contribution in [0.4, 0.5) is 11.5 Å². The SMILES string of the molecule is CN(C)C1CCN(c2ccc(NC(=O)C3CSc4ccccc43)nc2)CC1. The van der Waals surface area contributed by atoms with E-state index in [1.807, 2.05) is 30.5 Å². The van der Waals surface area contributed by atoms with Gasteiger partial charge in [0.2, 0.25) is 5.91 Å². The summed E-state index contributed by atoms with van der Waals surface area (Å²) in [6, 6.07) is 12.8. The van der Waals surface area contributed by atoms with Crippen LogP contribution in [0.2, 0.25) is 0 Å². The summed E-state index contributed by atoms with van der Waals surface area (Å²) in [5.41, 5.74) is 2.26. The lowest BCUT2D eigenvalue weighted by Gasteiger charge is -2.36. The average Bonchev–Trinajstić information content (AvgIpc) is 3.13. The Morgan fingerprint density at radius 1 is 1.19 bits per heavy atom. The van der Waals surface area contributed by atoms with E-state index in [0.717, 1.165) is 30.1 Å². The molecular weight excluding hydrogens is 356 g/mol. The first-order chi connectivity index (χ1) is 13.1. The molecule has 142 valence electrons. The van der Waals surface area contributed by atoms with Crippen LogP contribution in [0.1, 0.15) is 24.3 Å². The molecular formula is C21H26N4OS. The molecule has 2 aliphatic rings. The predicted molar refractivity (Wildman–Crippen MR) is 112 cm³/mol. The summed E-state index contributed by atoms with van der Waals surface area (Å²) in [6.45, 7) is 2.10. The number of rotatable bonds is 4. The fourth-order valence-electron chi connectivity index (χ4n) is 3.88. The molecule has 6 heteroatoms. The number of fused-ring (bicyclic) bond motifs is 1. The van der Waals surface area contributed by atoms with Crippen LogP contribution in [0.15, 0.2) is 47.5 Å². The second kappa shape index (κ2) is 7.90. The summed E-state index contributed by atoms with van der Waals surface area (Å²) < 4.78 is 0. The Balaban J connectivity index is 1.37. The number of pyridine rings is 1. The molecule has 0 aliphatic carbocycles. The molecule has 0 saturated carbocycles. The quantitative estimate of drug-likeness (QED) is 0.878. The van der Waals surface area contributed by atoms with Crippen molar-refractivity contribution in [3.8, 4) is 0 Å². The highest BCUT2D eigenvalue weighted by atomic mass is 32.2. The van der Waals surface area contributed by atoms with Crippen LogP contribution in [0.25, 0.3) is 0 Å². The summed E-state index contributed by atoms with van der Waals surface area (Å²) in [5.74, 6) is 1.35. The van der Waals surface area contributed by atoms with Gasteiger partial charge in [0.1, 0.15) is 5.82 Å². The van der Waals surface area contributed by atoms with E-state index in [0.29, 0.717) is 11.9 Å². The highest BCUT2D eigenvalue weighted by molar-refractivity contribution is 7.99. The van der Waals surface area contributed by atoms with Gasteiger partial charge in [-0.05, 0) is 50.7 Å². The molecule has 0 spiro atoms. The second-order valence-electron chi connectivity index (χ2n) is 7.47. The molecule has 5 nitrogen and oxygen atoms in total. The number of thioether (sulfide) groups is 1. The molecule has 27 heavy (non-hydrogen) atoms. The number of piperidine rings is 1. The number of amides is 1. The highest BCUT2D eigenvalue weighted by Crippen LogP contribution is 2.39. The van der Waals surface area contributed by atoms with Crippen molar-refractivity contribution in [1.82, 2.24) is 9.88 Å². The zero-order chi connectivity index (χ0) is 18.8. The smallest absolute Gasteiger partial charge is 0.233 e. The van der Waals surface area contributed by atoms with Crippen LogP contribution in [0.3, 0.4) is 0 Å². The van der Waals surface area contributed by atoms with Crippen LogP contribution in [0, 0.1) is 0 Å². The van der Waals surface area contributed by atoms with Crippen LogP contribution in [-0.2, 0) is 4.79 Å². The van der Waals surface area contributed by atoms with Gasteiger partial charge in [-0.15, -0.1) is 11.8 Å². The number of anilines is 2. The Bertz CT molecular complexity index is 800. The van der Waals surface area contributed by atoms with Gasteiger partial charge in [-0.25, -0.2) is 4.98 Å². The Kier molecular flexibility index (Phi) is 5.36. The van der Waals surface area contributed by atoms with Crippen LogP contribution >= 0.6 is 11.8 Å². The number of carbonyl (C=O) groups is 1. The first-order valence-corrected chi connectivity index (χ1v) is 10.5. The molecule has 1 saturated heterocycles. The predicted octanol–water partition coefficient (Wildman–Crippen LogP) is 3.44. The molecule has 1 fully saturated rings. The second-order valence-corrected chi connectivity index (χ2v) is 8.54. The van der Waals surface area contributed by atoms with Crippen molar-refractivity contribution in [1.29, 1.82) is 0 Å². The summed E-state index contributed by atoms with van der Waals surface area (Å²) in [7, 11) is 4.31. The Morgan fingerprint density at radius 2 is 1.96 bits per heavy atom. The summed E-state index contributed by atoms with van der Waals surface area (Å²) in [6.07, 6.45) is 4.22. The van der Waals surface area contributed by atoms with E-state index in [9.17, 15) is 4.79 Å². The van der Waals surface area contributed by atoms with E-state index < -0.39 is 0 Å². The minimum Gasteiger partial charge on any atom is -0.370 e. The van der Waals surface area contributed by atoms with Gasteiger partial charge in [0.25, 0.3) is 0 Å². The number of benzene rings is 1. The lowest BCUT2D eigenvalue weighted by Crippen LogP contribution is -2.42. The Morgan fingerprint density at radius 3 is 2.67 bits per heavy atom. The maximum Gasteiger partial charge on any atom is 0.233 e. The fraction of sp³-hybridized carbons (Fsp3) is 0.429. The van der Waals surface area contributed by atoms with Crippen LogP contribution < -0.4 is 10.2 Å². The van der Waals surface area contributed by atoms with Gasteiger partial charge < -0.3 is 15.1 Å². The van der Waals surface area contributed by atoms with Gasteiger partial charge in [-0.1, -0.05) is 18.2 Å². The molecule has 0 radical (unpaired) electrons. The fourth-order valence-corrected chi connectivity index (χ4v) is 5.11. The molecule has 1 unspecified atom stereocenters. The highest BCUT2D eigenvalue weighted by Gasteiger charge is 2.29. The standard InChI is InChI=1S/C21H26N4OS/c1-24(2)15-9-11-25(12-10-15)16-7-8-20(22-13-16)23-21(26)18-14-27-19-6-4-3-5-17(18)19/h3-8,13,15,18H,9-12,14H2,1-2H3,(H,22,23,26). The Labute approximate surface area is 165 Å². The zero-order valence-electron chi connectivity index (χ0n) is 15.9. The van der Waals surface area contributed by atoms with Gasteiger partial charge in [-0.3, -0.25) is 4.79 Å². The number of carbonyl (C=O) groups excluding carboxylic acids is 1. The van der Waals surface area contributed by atoms with E-state index >= 15 is 0 Å². The number of nitrogens with one attached hydrogen (secondary N) is 1. The van der Waals surface area contributed by atoms with Crippen LogP contribution in [0.5, 0.6) is 0 Å². The number of aromatic nitrogens is 1. The number of hydrogen-bond donors (Lipinski definition) is 1. The van der Waals surface area contributed by atoms with Crippen molar-refractivity contribution in [2.75, 3.05) is 43.2 Å². The largest absolute Gasteiger partial charge is 0.370 e. The maximum atomic E-state index is 12.7. The van der Waals surface area contributed by atoms with Gasteiger partial charge in [0.15, 0.2) is 0 Å². The third-order valence-corrected chi connectivity index (χ3v) is 6.76. The first-order valence-electron chi connectivity index (χ1n) is 9.52. The van der Waals surface area contributed by atoms with E-state index in [1.165, 1.54) is 17.7 Å². The minimum atomic E-state index is -0.0993. The monoisotopic (exact) mass is 382 g/mol. The van der Waals surface area contributed by atoms with Crippen molar-refractivity contribution in [3.05, 3.63) is 48.2 Å². The van der Waals surface area contributed by atoms with Crippen molar-refractivity contribution in [3.63, 3.8) is 0 Å².